The predicted molar refractivity (Wildman–Crippen MR) is 78.5 cm³/mol. The first-order chi connectivity index (χ1) is 9.53. The van der Waals surface area contributed by atoms with Gasteiger partial charge in [0.05, 0.1) is 0 Å². The SMILES string of the molecule is Cc1cc(C)c(Nc2cc(C#N)nc(NN)n2)c(C)c1. The van der Waals surface area contributed by atoms with Crippen molar-refractivity contribution in [3.63, 3.8) is 0 Å². The average Bonchev–Trinajstić information content (AvgIpc) is 2.42. The van der Waals surface area contributed by atoms with Crippen LogP contribution >= 0.6 is 0 Å². The first-order valence-electron chi connectivity index (χ1n) is 6.14. The van der Waals surface area contributed by atoms with E-state index in [4.69, 9.17) is 11.1 Å². The molecule has 1 aromatic heterocycles. The maximum absolute atomic E-state index is 8.96. The zero-order valence-corrected chi connectivity index (χ0v) is 11.7. The molecule has 0 aliphatic carbocycles. The molecule has 0 spiro atoms. The Labute approximate surface area is 117 Å². The quantitative estimate of drug-likeness (QED) is 0.583. The number of rotatable bonds is 3. The second-order valence-corrected chi connectivity index (χ2v) is 4.62. The minimum Gasteiger partial charge on any atom is -0.340 e. The van der Waals surface area contributed by atoms with Crippen molar-refractivity contribution in [2.75, 3.05) is 10.7 Å². The monoisotopic (exact) mass is 268 g/mol. The lowest BCUT2D eigenvalue weighted by Crippen LogP contribution is -2.12. The Morgan fingerprint density at radius 3 is 2.30 bits per heavy atom. The van der Waals surface area contributed by atoms with Crippen LogP contribution in [0.5, 0.6) is 0 Å². The van der Waals surface area contributed by atoms with Crippen molar-refractivity contribution in [2.24, 2.45) is 5.84 Å². The van der Waals surface area contributed by atoms with Crippen molar-refractivity contribution in [3.8, 4) is 6.07 Å². The predicted octanol–water partition coefficient (Wildman–Crippen LogP) is 2.30. The van der Waals surface area contributed by atoms with Gasteiger partial charge in [-0.25, -0.2) is 10.8 Å². The molecule has 0 saturated heterocycles. The van der Waals surface area contributed by atoms with Crippen LogP contribution in [0.3, 0.4) is 0 Å². The summed E-state index contributed by atoms with van der Waals surface area (Å²) in [6, 6.07) is 7.74. The second kappa shape index (κ2) is 5.55. The molecular weight excluding hydrogens is 252 g/mol. The van der Waals surface area contributed by atoms with Crippen LogP contribution < -0.4 is 16.6 Å². The summed E-state index contributed by atoms with van der Waals surface area (Å²) in [7, 11) is 0. The van der Waals surface area contributed by atoms with Crippen LogP contribution in [0.2, 0.25) is 0 Å². The zero-order valence-electron chi connectivity index (χ0n) is 11.7. The highest BCUT2D eigenvalue weighted by molar-refractivity contribution is 5.66. The number of hydrazine groups is 1. The second-order valence-electron chi connectivity index (χ2n) is 4.62. The van der Waals surface area contributed by atoms with Crippen LogP contribution in [-0.4, -0.2) is 9.97 Å². The third-order valence-corrected chi connectivity index (χ3v) is 2.90. The fourth-order valence-corrected chi connectivity index (χ4v) is 2.14. The number of hydrogen-bond acceptors (Lipinski definition) is 6. The molecule has 6 nitrogen and oxygen atoms in total. The molecule has 6 heteroatoms. The van der Waals surface area contributed by atoms with Gasteiger partial charge >= 0.3 is 0 Å². The first kappa shape index (κ1) is 13.8. The Bertz CT molecular complexity index is 664. The zero-order chi connectivity index (χ0) is 14.7. The maximum atomic E-state index is 8.96. The van der Waals surface area contributed by atoms with Gasteiger partial charge < -0.3 is 5.32 Å². The Balaban J connectivity index is 2.42. The molecule has 0 amide bonds. The molecule has 0 bridgehead atoms. The van der Waals surface area contributed by atoms with Gasteiger partial charge in [-0.1, -0.05) is 17.7 Å². The van der Waals surface area contributed by atoms with Crippen molar-refractivity contribution in [1.82, 2.24) is 9.97 Å². The highest BCUT2D eigenvalue weighted by Crippen LogP contribution is 2.25. The summed E-state index contributed by atoms with van der Waals surface area (Å²) in [6.45, 7) is 6.10. The minimum atomic E-state index is 0.203. The molecule has 0 fully saturated rings. The number of aromatic nitrogens is 2. The van der Waals surface area contributed by atoms with Crippen LogP contribution in [0.25, 0.3) is 0 Å². The number of nitrogens with one attached hydrogen (secondary N) is 2. The summed E-state index contributed by atoms with van der Waals surface area (Å²) in [4.78, 5) is 8.11. The summed E-state index contributed by atoms with van der Waals surface area (Å²) >= 11 is 0. The van der Waals surface area contributed by atoms with E-state index < -0.39 is 0 Å². The highest BCUT2D eigenvalue weighted by Gasteiger charge is 2.08. The molecule has 0 saturated carbocycles. The molecule has 0 aliphatic rings. The lowest BCUT2D eigenvalue weighted by atomic mass is 10.1. The van der Waals surface area contributed by atoms with E-state index in [2.05, 4.69) is 39.8 Å². The molecule has 2 rings (SSSR count). The van der Waals surface area contributed by atoms with Gasteiger partial charge in [0, 0.05) is 11.8 Å². The standard InChI is InChI=1S/C14H16N6/c1-8-4-9(2)13(10(3)5-8)18-12-6-11(7-15)17-14(19-12)20-16/h4-6H,16H2,1-3H3,(H2,17,18,19,20). The Morgan fingerprint density at radius 2 is 1.75 bits per heavy atom. The molecule has 2 aromatic rings. The van der Waals surface area contributed by atoms with E-state index in [1.807, 2.05) is 19.9 Å². The Hall–Kier alpha value is -2.65. The van der Waals surface area contributed by atoms with Gasteiger partial charge in [-0.15, -0.1) is 0 Å². The van der Waals surface area contributed by atoms with Crippen LogP contribution in [0.4, 0.5) is 17.5 Å². The lowest BCUT2D eigenvalue weighted by molar-refractivity contribution is 1.10. The van der Waals surface area contributed by atoms with Gasteiger partial charge in [0.15, 0.2) is 0 Å². The molecule has 1 heterocycles. The smallest absolute Gasteiger partial charge is 0.240 e. The fraction of sp³-hybridized carbons (Fsp3) is 0.214. The molecule has 0 atom stereocenters. The number of aryl methyl sites for hydroxylation is 3. The van der Waals surface area contributed by atoms with E-state index in [-0.39, 0.29) is 11.6 Å². The first-order valence-corrected chi connectivity index (χ1v) is 6.14. The maximum Gasteiger partial charge on any atom is 0.240 e. The van der Waals surface area contributed by atoms with Crippen LogP contribution in [0, 0.1) is 32.1 Å². The number of nitrogens with zero attached hydrogens (tertiary/aromatic N) is 3. The van der Waals surface area contributed by atoms with Crippen molar-refractivity contribution in [2.45, 2.75) is 20.8 Å². The Kier molecular flexibility index (Phi) is 3.82. The lowest BCUT2D eigenvalue weighted by Gasteiger charge is -2.13. The van der Waals surface area contributed by atoms with E-state index in [0.717, 1.165) is 16.8 Å². The van der Waals surface area contributed by atoms with Crippen molar-refractivity contribution >= 4 is 17.5 Å². The fourth-order valence-electron chi connectivity index (χ4n) is 2.14. The molecule has 102 valence electrons. The Morgan fingerprint density at radius 1 is 1.10 bits per heavy atom. The van der Waals surface area contributed by atoms with Crippen molar-refractivity contribution in [1.29, 1.82) is 5.26 Å². The molecule has 0 radical (unpaired) electrons. The molecule has 4 N–H and O–H groups in total. The number of nitriles is 1. The van der Waals surface area contributed by atoms with E-state index in [1.54, 1.807) is 6.07 Å². The van der Waals surface area contributed by atoms with Gasteiger partial charge in [0.25, 0.3) is 0 Å². The molecule has 0 aliphatic heterocycles. The van der Waals surface area contributed by atoms with E-state index in [1.165, 1.54) is 5.56 Å². The number of anilines is 3. The van der Waals surface area contributed by atoms with Gasteiger partial charge in [-0.05, 0) is 31.9 Å². The summed E-state index contributed by atoms with van der Waals surface area (Å²) in [5.41, 5.74) is 7.00. The third kappa shape index (κ3) is 2.84. The van der Waals surface area contributed by atoms with Crippen molar-refractivity contribution in [3.05, 3.63) is 40.6 Å². The molecule has 1 aromatic carbocycles. The van der Waals surface area contributed by atoms with Gasteiger partial charge in [-0.2, -0.15) is 10.2 Å². The van der Waals surface area contributed by atoms with Crippen LogP contribution in [-0.2, 0) is 0 Å². The number of hydrogen-bond donors (Lipinski definition) is 3. The summed E-state index contributed by atoms with van der Waals surface area (Å²) in [5, 5.41) is 12.2. The van der Waals surface area contributed by atoms with Crippen molar-refractivity contribution < 1.29 is 0 Å². The number of benzene rings is 1. The highest BCUT2D eigenvalue weighted by atomic mass is 15.3. The topological polar surface area (TPSA) is 99.7 Å². The van der Waals surface area contributed by atoms with Gasteiger partial charge in [0.1, 0.15) is 17.6 Å². The number of nitrogens with two attached hydrogens (primary N) is 1. The summed E-state index contributed by atoms with van der Waals surface area (Å²) < 4.78 is 0. The van der Waals surface area contributed by atoms with E-state index >= 15 is 0 Å². The van der Waals surface area contributed by atoms with Crippen LogP contribution in [0.15, 0.2) is 18.2 Å². The molecule has 20 heavy (non-hydrogen) atoms. The van der Waals surface area contributed by atoms with Gasteiger partial charge in [-0.3, -0.25) is 5.43 Å². The molecular formula is C14H16N6. The van der Waals surface area contributed by atoms with E-state index in [0.29, 0.717) is 5.82 Å². The normalized spacial score (nSPS) is 9.95. The third-order valence-electron chi connectivity index (χ3n) is 2.90. The summed E-state index contributed by atoms with van der Waals surface area (Å²) in [6.07, 6.45) is 0. The largest absolute Gasteiger partial charge is 0.340 e. The average molecular weight is 268 g/mol. The summed E-state index contributed by atoms with van der Waals surface area (Å²) in [5.74, 6) is 6.03. The molecule has 0 unspecified atom stereocenters. The van der Waals surface area contributed by atoms with Gasteiger partial charge in [0.2, 0.25) is 5.95 Å². The number of nitrogen functional groups attached to an aromatic ring is 1. The minimum absolute atomic E-state index is 0.203. The van der Waals surface area contributed by atoms with E-state index in [9.17, 15) is 0 Å². The van der Waals surface area contributed by atoms with Crippen LogP contribution in [0.1, 0.15) is 22.4 Å².